The van der Waals surface area contributed by atoms with Crippen LogP contribution >= 0.6 is 0 Å². The molecule has 3 heterocycles. The molecule has 1 atom stereocenters. The van der Waals surface area contributed by atoms with E-state index in [9.17, 15) is 4.79 Å². The Morgan fingerprint density at radius 2 is 2.21 bits per heavy atom. The Hall–Kier alpha value is -1.56. The van der Waals surface area contributed by atoms with Gasteiger partial charge in [-0.25, -0.2) is 9.78 Å². The number of ether oxygens (including phenoxy) is 1. The Balaban J connectivity index is 1.83. The number of carbonyl (C=O) groups is 1. The number of fused-ring (bicyclic) bond motifs is 2. The molecular weight excluding hydrogens is 304 g/mol. The molecule has 1 saturated heterocycles. The minimum atomic E-state index is -0.460. The number of carbonyl (C=O) groups excluding carboxylic acids is 1. The molecule has 0 bridgehead atoms. The van der Waals surface area contributed by atoms with Crippen LogP contribution in [0.15, 0.2) is 6.33 Å². The van der Waals surface area contributed by atoms with Crippen molar-refractivity contribution in [2.24, 2.45) is 0 Å². The van der Waals surface area contributed by atoms with E-state index in [1.165, 1.54) is 18.5 Å². The lowest BCUT2D eigenvalue weighted by molar-refractivity contribution is 0.0213. The zero-order valence-electron chi connectivity index (χ0n) is 15.4. The summed E-state index contributed by atoms with van der Waals surface area (Å²) in [6.45, 7) is 11.4. The van der Waals surface area contributed by atoms with Crippen molar-refractivity contribution in [3.8, 4) is 0 Å². The standard InChI is InChI=1S/C18H30N4O2/c1-5-6-9-22-10-7-14-15(20-13-19-14)18(22)8-11-21(12-18)16(23)24-17(2,3)4/h13H,5-12H2,1-4H3,(H,19,20). The van der Waals surface area contributed by atoms with Gasteiger partial charge in [0.1, 0.15) is 5.60 Å². The predicted octanol–water partition coefficient (Wildman–Crippen LogP) is 2.90. The van der Waals surface area contributed by atoms with Crippen molar-refractivity contribution < 1.29 is 9.53 Å². The summed E-state index contributed by atoms with van der Waals surface area (Å²) in [4.78, 5) is 24.9. The van der Waals surface area contributed by atoms with Gasteiger partial charge in [-0.3, -0.25) is 4.90 Å². The molecule has 1 aromatic rings. The number of unbranched alkanes of at least 4 members (excludes halogenated alkanes) is 1. The molecule has 134 valence electrons. The number of nitrogens with zero attached hydrogens (tertiary/aromatic N) is 3. The van der Waals surface area contributed by atoms with Crippen LogP contribution in [0, 0.1) is 0 Å². The summed E-state index contributed by atoms with van der Waals surface area (Å²) in [6.07, 6.45) is 5.87. The van der Waals surface area contributed by atoms with E-state index in [4.69, 9.17) is 4.74 Å². The van der Waals surface area contributed by atoms with Crippen LogP contribution in [-0.4, -0.2) is 57.6 Å². The van der Waals surface area contributed by atoms with Crippen LogP contribution < -0.4 is 0 Å². The van der Waals surface area contributed by atoms with Gasteiger partial charge in [0.25, 0.3) is 0 Å². The predicted molar refractivity (Wildman–Crippen MR) is 92.9 cm³/mol. The van der Waals surface area contributed by atoms with Gasteiger partial charge in [0.05, 0.1) is 17.6 Å². The average molecular weight is 334 g/mol. The highest BCUT2D eigenvalue weighted by atomic mass is 16.6. The van der Waals surface area contributed by atoms with Crippen LogP contribution in [0.4, 0.5) is 4.79 Å². The number of likely N-dealkylation sites (tertiary alicyclic amines) is 1. The van der Waals surface area contributed by atoms with Crippen LogP contribution in [-0.2, 0) is 16.7 Å². The van der Waals surface area contributed by atoms with Gasteiger partial charge in [-0.1, -0.05) is 13.3 Å². The fourth-order valence-electron chi connectivity index (χ4n) is 3.93. The maximum Gasteiger partial charge on any atom is 0.410 e. The Kier molecular flexibility index (Phi) is 4.60. The van der Waals surface area contributed by atoms with Crippen molar-refractivity contribution in [2.45, 2.75) is 64.5 Å². The average Bonchev–Trinajstić information content (AvgIpc) is 3.13. The van der Waals surface area contributed by atoms with E-state index in [0.717, 1.165) is 38.2 Å². The summed E-state index contributed by atoms with van der Waals surface area (Å²) >= 11 is 0. The molecule has 0 aliphatic carbocycles. The highest BCUT2D eigenvalue weighted by molar-refractivity contribution is 5.69. The van der Waals surface area contributed by atoms with Crippen molar-refractivity contribution in [3.63, 3.8) is 0 Å². The Labute approximate surface area is 144 Å². The van der Waals surface area contributed by atoms with E-state index in [1.807, 2.05) is 25.7 Å². The summed E-state index contributed by atoms with van der Waals surface area (Å²) in [6, 6.07) is 0. The quantitative estimate of drug-likeness (QED) is 0.923. The van der Waals surface area contributed by atoms with Crippen LogP contribution in [0.5, 0.6) is 0 Å². The molecule has 1 N–H and O–H groups in total. The van der Waals surface area contributed by atoms with Crippen LogP contribution in [0.3, 0.4) is 0 Å². The fourth-order valence-corrected chi connectivity index (χ4v) is 3.93. The molecule has 0 saturated carbocycles. The number of hydrogen-bond acceptors (Lipinski definition) is 4. The third kappa shape index (κ3) is 3.16. The lowest BCUT2D eigenvalue weighted by Gasteiger charge is -2.43. The number of hydrogen-bond donors (Lipinski definition) is 1. The van der Waals surface area contributed by atoms with Crippen molar-refractivity contribution in [2.75, 3.05) is 26.2 Å². The summed E-state index contributed by atoms with van der Waals surface area (Å²) in [5, 5.41) is 0. The first-order chi connectivity index (χ1) is 11.4. The molecule has 1 spiro atoms. The highest BCUT2D eigenvalue weighted by Crippen LogP contribution is 2.41. The molecule has 1 aromatic heterocycles. The van der Waals surface area contributed by atoms with Gasteiger partial charge in [-0.05, 0) is 40.2 Å². The van der Waals surface area contributed by atoms with Gasteiger partial charge in [-0.2, -0.15) is 0 Å². The maximum atomic E-state index is 12.5. The number of aromatic nitrogens is 2. The normalized spacial score (nSPS) is 24.4. The van der Waals surface area contributed by atoms with E-state index < -0.39 is 5.60 Å². The second-order valence-corrected chi connectivity index (χ2v) is 8.00. The summed E-state index contributed by atoms with van der Waals surface area (Å²) in [5.41, 5.74) is 1.75. The highest BCUT2D eigenvalue weighted by Gasteiger charge is 2.50. The molecule has 1 amide bonds. The first-order valence-corrected chi connectivity index (χ1v) is 9.11. The van der Waals surface area contributed by atoms with Crippen molar-refractivity contribution in [1.82, 2.24) is 19.8 Å². The Bertz CT molecular complexity index is 592. The monoisotopic (exact) mass is 334 g/mol. The number of imidazole rings is 1. The summed E-state index contributed by atoms with van der Waals surface area (Å²) < 4.78 is 5.58. The summed E-state index contributed by atoms with van der Waals surface area (Å²) in [5.74, 6) is 0. The fraction of sp³-hybridized carbons (Fsp3) is 0.778. The van der Waals surface area contributed by atoms with E-state index in [2.05, 4.69) is 21.8 Å². The molecule has 0 aromatic carbocycles. The summed E-state index contributed by atoms with van der Waals surface area (Å²) in [7, 11) is 0. The number of aromatic amines is 1. The van der Waals surface area contributed by atoms with E-state index in [-0.39, 0.29) is 11.6 Å². The van der Waals surface area contributed by atoms with Gasteiger partial charge in [0.15, 0.2) is 0 Å². The zero-order chi connectivity index (χ0) is 17.4. The van der Waals surface area contributed by atoms with Gasteiger partial charge in [0, 0.05) is 31.7 Å². The smallest absolute Gasteiger partial charge is 0.410 e. The first-order valence-electron chi connectivity index (χ1n) is 9.11. The minimum Gasteiger partial charge on any atom is -0.444 e. The van der Waals surface area contributed by atoms with E-state index in [0.29, 0.717) is 6.54 Å². The van der Waals surface area contributed by atoms with Gasteiger partial charge in [0.2, 0.25) is 0 Å². The van der Waals surface area contributed by atoms with Crippen LogP contribution in [0.1, 0.15) is 58.3 Å². The van der Waals surface area contributed by atoms with Crippen molar-refractivity contribution >= 4 is 6.09 Å². The molecule has 2 aliphatic heterocycles. The van der Waals surface area contributed by atoms with Crippen LogP contribution in [0.25, 0.3) is 0 Å². The maximum absolute atomic E-state index is 12.5. The second-order valence-electron chi connectivity index (χ2n) is 8.00. The lowest BCUT2D eigenvalue weighted by atomic mass is 9.86. The molecule has 3 rings (SSSR count). The third-order valence-electron chi connectivity index (χ3n) is 5.08. The number of nitrogens with one attached hydrogen (secondary N) is 1. The van der Waals surface area contributed by atoms with E-state index >= 15 is 0 Å². The largest absolute Gasteiger partial charge is 0.444 e. The molecule has 0 radical (unpaired) electrons. The second kappa shape index (κ2) is 6.39. The molecule has 1 unspecified atom stereocenters. The van der Waals surface area contributed by atoms with Crippen molar-refractivity contribution in [1.29, 1.82) is 0 Å². The number of H-pyrrole nitrogens is 1. The Morgan fingerprint density at radius 1 is 1.42 bits per heavy atom. The number of amides is 1. The van der Waals surface area contributed by atoms with Gasteiger partial charge >= 0.3 is 6.09 Å². The SMILES string of the molecule is CCCCN1CCc2[nH]cnc2C12CCN(C(=O)OC(C)(C)C)C2. The molecule has 24 heavy (non-hydrogen) atoms. The molecule has 6 heteroatoms. The third-order valence-corrected chi connectivity index (χ3v) is 5.08. The molecule has 2 aliphatic rings. The lowest BCUT2D eigenvalue weighted by Crippen LogP contribution is -2.53. The minimum absolute atomic E-state index is 0.153. The van der Waals surface area contributed by atoms with Gasteiger partial charge in [-0.15, -0.1) is 0 Å². The first kappa shape index (κ1) is 17.3. The zero-order valence-corrected chi connectivity index (χ0v) is 15.4. The van der Waals surface area contributed by atoms with E-state index in [1.54, 1.807) is 6.33 Å². The number of rotatable bonds is 3. The Morgan fingerprint density at radius 3 is 2.92 bits per heavy atom. The van der Waals surface area contributed by atoms with Gasteiger partial charge < -0.3 is 14.6 Å². The molecule has 1 fully saturated rings. The molecular formula is C18H30N4O2. The van der Waals surface area contributed by atoms with Crippen LogP contribution in [0.2, 0.25) is 0 Å². The molecule has 6 nitrogen and oxygen atoms in total. The van der Waals surface area contributed by atoms with Crippen molar-refractivity contribution in [3.05, 3.63) is 17.7 Å². The topological polar surface area (TPSA) is 61.5 Å².